The number of carbonyl (C=O) groups excluding carboxylic acids is 2. The molecule has 0 radical (unpaired) electrons. The third kappa shape index (κ3) is 4.81. The number of nitrogens with zero attached hydrogens (tertiary/aromatic N) is 2. The Morgan fingerprint density at radius 2 is 1.46 bits per heavy atom. The zero-order valence-electron chi connectivity index (χ0n) is 19.5. The van der Waals surface area contributed by atoms with Gasteiger partial charge in [0.1, 0.15) is 0 Å². The minimum Gasteiger partial charge on any atom is -0.339 e. The van der Waals surface area contributed by atoms with Gasteiger partial charge in [0.25, 0.3) is 5.91 Å². The molecule has 5 rings (SSSR count). The number of benzene rings is 3. The van der Waals surface area contributed by atoms with Crippen LogP contribution in [0, 0.1) is 5.92 Å². The number of hydrogen-bond acceptors (Lipinski definition) is 4. The molecule has 1 N–H and O–H groups in total. The summed E-state index contributed by atoms with van der Waals surface area (Å²) in [7, 11) is -3.64. The van der Waals surface area contributed by atoms with Gasteiger partial charge in [-0.3, -0.25) is 9.59 Å². The molecule has 2 aliphatic heterocycles. The lowest BCUT2D eigenvalue weighted by atomic mass is 9.97. The van der Waals surface area contributed by atoms with Crippen molar-refractivity contribution in [3.63, 3.8) is 0 Å². The minimum absolute atomic E-state index is 0.0605. The number of carbonyl (C=O) groups is 2. The van der Waals surface area contributed by atoms with E-state index in [4.69, 9.17) is 0 Å². The second kappa shape index (κ2) is 9.79. The Bertz CT molecular complexity index is 1360. The number of fused-ring (bicyclic) bond motifs is 1. The maximum atomic E-state index is 13.2. The first kappa shape index (κ1) is 23.5. The maximum absolute atomic E-state index is 13.2. The van der Waals surface area contributed by atoms with Gasteiger partial charge >= 0.3 is 0 Å². The van der Waals surface area contributed by atoms with E-state index in [0.29, 0.717) is 24.1 Å². The highest BCUT2D eigenvalue weighted by atomic mass is 32.2. The van der Waals surface area contributed by atoms with Gasteiger partial charge in [0.15, 0.2) is 0 Å². The van der Waals surface area contributed by atoms with Gasteiger partial charge in [-0.15, -0.1) is 0 Å². The Labute approximate surface area is 205 Å². The number of piperidine rings is 1. The van der Waals surface area contributed by atoms with E-state index in [1.807, 2.05) is 35.2 Å². The van der Waals surface area contributed by atoms with E-state index in [-0.39, 0.29) is 35.7 Å². The third-order valence-corrected chi connectivity index (χ3v) is 8.89. The van der Waals surface area contributed by atoms with E-state index in [1.54, 1.807) is 36.4 Å². The summed E-state index contributed by atoms with van der Waals surface area (Å²) in [5.74, 6) is -0.544. The van der Waals surface area contributed by atoms with Gasteiger partial charge in [0.05, 0.1) is 16.1 Å². The SMILES string of the molecule is O=C(Nc1ccccc1C(=O)N1CCCC1)C1CCN(S(=O)(=O)c2ccc3ccccc3c2)CC1. The first-order chi connectivity index (χ1) is 16.9. The van der Waals surface area contributed by atoms with Crippen LogP contribution in [0.3, 0.4) is 0 Å². The number of likely N-dealkylation sites (tertiary alicyclic amines) is 1. The van der Waals surface area contributed by atoms with Crippen LogP contribution in [-0.4, -0.2) is 55.6 Å². The maximum Gasteiger partial charge on any atom is 0.255 e. The molecule has 2 aliphatic rings. The van der Waals surface area contributed by atoms with Crippen LogP contribution in [0.4, 0.5) is 5.69 Å². The summed E-state index contributed by atoms with van der Waals surface area (Å²) in [5.41, 5.74) is 1.01. The number of nitrogens with one attached hydrogen (secondary N) is 1. The first-order valence-electron chi connectivity index (χ1n) is 12.1. The average Bonchev–Trinajstić information content (AvgIpc) is 3.43. The summed E-state index contributed by atoms with van der Waals surface area (Å²) < 4.78 is 27.9. The fourth-order valence-corrected chi connectivity index (χ4v) is 6.44. The molecular weight excluding hydrogens is 462 g/mol. The Morgan fingerprint density at radius 3 is 2.20 bits per heavy atom. The Kier molecular flexibility index (Phi) is 6.58. The van der Waals surface area contributed by atoms with E-state index in [1.165, 1.54) is 4.31 Å². The molecule has 3 aromatic rings. The molecule has 0 bridgehead atoms. The lowest BCUT2D eigenvalue weighted by Gasteiger charge is -2.30. The second-order valence-electron chi connectivity index (χ2n) is 9.22. The summed E-state index contributed by atoms with van der Waals surface area (Å²) in [4.78, 5) is 28.0. The third-order valence-electron chi connectivity index (χ3n) is 6.99. The average molecular weight is 492 g/mol. The molecule has 2 heterocycles. The largest absolute Gasteiger partial charge is 0.339 e. The number of anilines is 1. The zero-order valence-corrected chi connectivity index (χ0v) is 20.3. The minimum atomic E-state index is -3.64. The van der Waals surface area contributed by atoms with Crippen LogP contribution in [0.15, 0.2) is 71.6 Å². The number of hydrogen-bond donors (Lipinski definition) is 1. The quantitative estimate of drug-likeness (QED) is 0.582. The van der Waals surface area contributed by atoms with Crippen LogP contribution in [0.1, 0.15) is 36.0 Å². The smallest absolute Gasteiger partial charge is 0.255 e. The van der Waals surface area contributed by atoms with Crippen LogP contribution in [-0.2, 0) is 14.8 Å². The molecule has 0 unspecified atom stereocenters. The summed E-state index contributed by atoms with van der Waals surface area (Å²) in [6, 6.07) is 19.9. The fourth-order valence-electron chi connectivity index (χ4n) is 4.94. The van der Waals surface area contributed by atoms with Crippen molar-refractivity contribution in [1.82, 2.24) is 9.21 Å². The number of amides is 2. The highest BCUT2D eigenvalue weighted by Crippen LogP contribution is 2.28. The lowest BCUT2D eigenvalue weighted by molar-refractivity contribution is -0.120. The lowest BCUT2D eigenvalue weighted by Crippen LogP contribution is -2.41. The highest BCUT2D eigenvalue weighted by molar-refractivity contribution is 7.89. The van der Waals surface area contributed by atoms with E-state index < -0.39 is 10.0 Å². The molecule has 7 nitrogen and oxygen atoms in total. The molecule has 2 fully saturated rings. The van der Waals surface area contributed by atoms with Gasteiger partial charge in [-0.2, -0.15) is 4.31 Å². The van der Waals surface area contributed by atoms with Crippen LogP contribution in [0.2, 0.25) is 0 Å². The molecule has 2 saturated heterocycles. The fraction of sp³-hybridized carbons (Fsp3) is 0.333. The monoisotopic (exact) mass is 491 g/mol. The van der Waals surface area contributed by atoms with Crippen molar-refractivity contribution in [1.29, 1.82) is 0 Å². The number of sulfonamides is 1. The van der Waals surface area contributed by atoms with Crippen LogP contribution < -0.4 is 5.32 Å². The van der Waals surface area contributed by atoms with Crippen molar-refractivity contribution in [3.05, 3.63) is 72.3 Å². The summed E-state index contributed by atoms with van der Waals surface area (Å²) in [5, 5.41) is 4.81. The normalized spacial score (nSPS) is 17.5. The Balaban J connectivity index is 1.24. The van der Waals surface area contributed by atoms with Gasteiger partial charge in [-0.05, 0) is 60.7 Å². The van der Waals surface area contributed by atoms with E-state index >= 15 is 0 Å². The van der Waals surface area contributed by atoms with Crippen molar-refractivity contribution in [2.24, 2.45) is 5.92 Å². The Morgan fingerprint density at radius 1 is 0.800 bits per heavy atom. The number of rotatable bonds is 5. The molecule has 0 aliphatic carbocycles. The zero-order chi connectivity index (χ0) is 24.4. The van der Waals surface area contributed by atoms with Gasteiger partial charge in [0, 0.05) is 32.1 Å². The molecule has 35 heavy (non-hydrogen) atoms. The second-order valence-corrected chi connectivity index (χ2v) is 11.2. The molecular formula is C27H29N3O4S. The van der Waals surface area contributed by atoms with Crippen LogP contribution in [0.5, 0.6) is 0 Å². The van der Waals surface area contributed by atoms with Gasteiger partial charge < -0.3 is 10.2 Å². The van der Waals surface area contributed by atoms with Crippen molar-refractivity contribution in [2.45, 2.75) is 30.6 Å². The van der Waals surface area contributed by atoms with Crippen molar-refractivity contribution < 1.29 is 18.0 Å². The highest BCUT2D eigenvalue weighted by Gasteiger charge is 2.33. The standard InChI is InChI=1S/C27H29N3O4S/c31-26(28-25-10-4-3-9-24(25)27(32)29-15-5-6-16-29)21-13-17-30(18-14-21)35(33,34)23-12-11-20-7-1-2-8-22(20)19-23/h1-4,7-12,19,21H,5-6,13-18H2,(H,28,31). The predicted molar refractivity (Wildman–Crippen MR) is 136 cm³/mol. The molecule has 0 atom stereocenters. The summed E-state index contributed by atoms with van der Waals surface area (Å²) in [6.07, 6.45) is 2.86. The Hall–Kier alpha value is -3.23. The molecule has 3 aromatic carbocycles. The molecule has 0 aromatic heterocycles. The first-order valence-corrected chi connectivity index (χ1v) is 13.6. The van der Waals surface area contributed by atoms with Gasteiger partial charge in [0.2, 0.25) is 15.9 Å². The van der Waals surface area contributed by atoms with Gasteiger partial charge in [-0.25, -0.2) is 8.42 Å². The van der Waals surface area contributed by atoms with Gasteiger partial charge in [-0.1, -0.05) is 42.5 Å². The molecule has 0 spiro atoms. The predicted octanol–water partition coefficient (Wildman–Crippen LogP) is 4.12. The van der Waals surface area contributed by atoms with E-state index in [9.17, 15) is 18.0 Å². The molecule has 182 valence electrons. The number of para-hydroxylation sites is 1. The molecule has 0 saturated carbocycles. The van der Waals surface area contributed by atoms with Crippen LogP contribution >= 0.6 is 0 Å². The van der Waals surface area contributed by atoms with Crippen molar-refractivity contribution in [3.8, 4) is 0 Å². The topological polar surface area (TPSA) is 86.8 Å². The molecule has 8 heteroatoms. The van der Waals surface area contributed by atoms with Crippen LogP contribution in [0.25, 0.3) is 10.8 Å². The van der Waals surface area contributed by atoms with Crippen molar-refractivity contribution >= 4 is 38.3 Å². The van der Waals surface area contributed by atoms with E-state index in [2.05, 4.69) is 5.32 Å². The van der Waals surface area contributed by atoms with E-state index in [0.717, 1.165) is 36.7 Å². The summed E-state index contributed by atoms with van der Waals surface area (Å²) in [6.45, 7) is 2.04. The molecule has 2 amide bonds. The summed E-state index contributed by atoms with van der Waals surface area (Å²) >= 11 is 0. The van der Waals surface area contributed by atoms with Crippen molar-refractivity contribution in [2.75, 3.05) is 31.5 Å².